The van der Waals surface area contributed by atoms with Crippen LogP contribution < -0.4 is 5.32 Å². The predicted molar refractivity (Wildman–Crippen MR) is 84.8 cm³/mol. The molecule has 1 N–H and O–H groups in total. The number of nitrogens with one attached hydrogen (secondary N) is 1. The Hall–Kier alpha value is -1.48. The van der Waals surface area contributed by atoms with E-state index in [9.17, 15) is 0 Å². The molecule has 0 aliphatic heterocycles. The molecule has 0 aliphatic carbocycles. The van der Waals surface area contributed by atoms with Crippen molar-refractivity contribution in [2.75, 3.05) is 6.54 Å². The highest BCUT2D eigenvalue weighted by Gasteiger charge is 2.13. The van der Waals surface area contributed by atoms with E-state index in [1.807, 2.05) is 6.07 Å². The minimum atomic E-state index is 0.494. The Morgan fingerprint density at radius 2 is 1.95 bits per heavy atom. The number of aromatic nitrogens is 2. The summed E-state index contributed by atoms with van der Waals surface area (Å²) in [4.78, 5) is 8.85. The monoisotopic (exact) mass is 271 g/mol. The molecule has 0 radical (unpaired) electrons. The molecule has 2 rings (SSSR count). The lowest BCUT2D eigenvalue weighted by Crippen LogP contribution is -2.33. The van der Waals surface area contributed by atoms with Crippen molar-refractivity contribution in [3.8, 4) is 0 Å². The lowest BCUT2D eigenvalue weighted by atomic mass is 9.98. The van der Waals surface area contributed by atoms with Crippen molar-refractivity contribution in [1.82, 2.24) is 15.3 Å². The molecule has 1 heterocycles. The molecule has 0 spiro atoms. The number of rotatable bonds is 7. The molecule has 1 aromatic carbocycles. The highest BCUT2D eigenvalue weighted by Crippen LogP contribution is 2.17. The van der Waals surface area contributed by atoms with E-state index in [0.29, 0.717) is 12.0 Å². The molecule has 108 valence electrons. The fourth-order valence-electron chi connectivity index (χ4n) is 2.61. The van der Waals surface area contributed by atoms with E-state index in [0.717, 1.165) is 24.2 Å². The lowest BCUT2D eigenvalue weighted by Gasteiger charge is -2.20. The summed E-state index contributed by atoms with van der Waals surface area (Å²) < 4.78 is 0. The summed E-state index contributed by atoms with van der Waals surface area (Å²) in [6, 6.07) is 8.76. The number of para-hydroxylation sites is 1. The van der Waals surface area contributed by atoms with Gasteiger partial charge in [-0.25, -0.2) is 9.97 Å². The number of fused-ring (bicyclic) bond motifs is 1. The van der Waals surface area contributed by atoms with Crippen molar-refractivity contribution in [3.63, 3.8) is 0 Å². The van der Waals surface area contributed by atoms with E-state index in [1.54, 1.807) is 6.33 Å². The highest BCUT2D eigenvalue weighted by molar-refractivity contribution is 5.80. The Labute approximate surface area is 121 Å². The Morgan fingerprint density at radius 3 is 2.70 bits per heavy atom. The second-order valence-corrected chi connectivity index (χ2v) is 5.82. The average Bonchev–Trinajstić information content (AvgIpc) is 2.44. The van der Waals surface area contributed by atoms with Gasteiger partial charge in [0.05, 0.1) is 11.2 Å². The van der Waals surface area contributed by atoms with Crippen molar-refractivity contribution in [1.29, 1.82) is 0 Å². The first-order valence-corrected chi connectivity index (χ1v) is 7.62. The van der Waals surface area contributed by atoms with Gasteiger partial charge >= 0.3 is 0 Å². The average molecular weight is 271 g/mol. The van der Waals surface area contributed by atoms with Gasteiger partial charge in [-0.05, 0) is 31.4 Å². The van der Waals surface area contributed by atoms with E-state index < -0.39 is 0 Å². The van der Waals surface area contributed by atoms with Gasteiger partial charge in [-0.2, -0.15) is 0 Å². The second kappa shape index (κ2) is 7.34. The van der Waals surface area contributed by atoms with Crippen molar-refractivity contribution in [2.45, 2.75) is 46.1 Å². The Bertz CT molecular complexity index is 531. The molecule has 0 bridgehead atoms. The Kier molecular flexibility index (Phi) is 5.48. The number of benzene rings is 1. The molecule has 1 aromatic heterocycles. The van der Waals surface area contributed by atoms with E-state index in [4.69, 9.17) is 0 Å². The summed E-state index contributed by atoms with van der Waals surface area (Å²) in [5.41, 5.74) is 2.20. The van der Waals surface area contributed by atoms with Crippen LogP contribution in [0.25, 0.3) is 10.9 Å². The SMILES string of the molecule is CCCNC(Cc1ncnc2ccccc12)CC(C)C. The Balaban J connectivity index is 2.18. The first-order chi connectivity index (χ1) is 9.70. The van der Waals surface area contributed by atoms with Gasteiger partial charge in [0.1, 0.15) is 6.33 Å². The van der Waals surface area contributed by atoms with Crippen LogP contribution in [0.4, 0.5) is 0 Å². The fraction of sp³-hybridized carbons (Fsp3) is 0.529. The van der Waals surface area contributed by atoms with Crippen LogP contribution in [0, 0.1) is 5.92 Å². The van der Waals surface area contributed by atoms with Crippen molar-refractivity contribution < 1.29 is 0 Å². The maximum absolute atomic E-state index is 4.51. The third kappa shape index (κ3) is 4.01. The van der Waals surface area contributed by atoms with Gasteiger partial charge < -0.3 is 5.32 Å². The first-order valence-electron chi connectivity index (χ1n) is 7.62. The molecule has 0 fully saturated rings. The summed E-state index contributed by atoms with van der Waals surface area (Å²) in [5.74, 6) is 0.692. The van der Waals surface area contributed by atoms with Gasteiger partial charge in [0.15, 0.2) is 0 Å². The summed E-state index contributed by atoms with van der Waals surface area (Å²) in [6.07, 6.45) is 5.00. The molecular formula is C17H25N3. The smallest absolute Gasteiger partial charge is 0.116 e. The van der Waals surface area contributed by atoms with E-state index >= 15 is 0 Å². The van der Waals surface area contributed by atoms with Crippen molar-refractivity contribution >= 4 is 10.9 Å². The number of hydrogen-bond donors (Lipinski definition) is 1. The third-order valence-electron chi connectivity index (χ3n) is 3.50. The van der Waals surface area contributed by atoms with E-state index in [1.165, 1.54) is 18.2 Å². The molecule has 0 saturated heterocycles. The minimum Gasteiger partial charge on any atom is -0.314 e. The zero-order valence-corrected chi connectivity index (χ0v) is 12.8. The van der Waals surface area contributed by atoms with Crippen LogP contribution in [-0.4, -0.2) is 22.6 Å². The largest absolute Gasteiger partial charge is 0.314 e. The second-order valence-electron chi connectivity index (χ2n) is 5.82. The fourth-order valence-corrected chi connectivity index (χ4v) is 2.61. The van der Waals surface area contributed by atoms with Crippen LogP contribution in [-0.2, 0) is 6.42 Å². The third-order valence-corrected chi connectivity index (χ3v) is 3.50. The van der Waals surface area contributed by atoms with Gasteiger partial charge in [0, 0.05) is 17.8 Å². The molecule has 0 saturated carbocycles. The van der Waals surface area contributed by atoms with Gasteiger partial charge in [-0.15, -0.1) is 0 Å². The van der Waals surface area contributed by atoms with E-state index in [2.05, 4.69) is 54.3 Å². The van der Waals surface area contributed by atoms with Gasteiger partial charge in [0.25, 0.3) is 0 Å². The maximum Gasteiger partial charge on any atom is 0.116 e. The number of hydrogen-bond acceptors (Lipinski definition) is 3. The van der Waals surface area contributed by atoms with Crippen LogP contribution in [0.3, 0.4) is 0 Å². The van der Waals surface area contributed by atoms with Gasteiger partial charge in [-0.1, -0.05) is 39.0 Å². The Morgan fingerprint density at radius 1 is 1.15 bits per heavy atom. The zero-order chi connectivity index (χ0) is 14.4. The van der Waals surface area contributed by atoms with Crippen LogP contribution in [0.15, 0.2) is 30.6 Å². The summed E-state index contributed by atoms with van der Waals surface area (Å²) in [6.45, 7) is 7.83. The molecule has 2 aromatic rings. The quantitative estimate of drug-likeness (QED) is 0.836. The predicted octanol–water partition coefficient (Wildman–Crippen LogP) is 3.59. The molecule has 0 aliphatic rings. The lowest BCUT2D eigenvalue weighted by molar-refractivity contribution is 0.414. The molecule has 0 amide bonds. The summed E-state index contributed by atoms with van der Waals surface area (Å²) in [5, 5.41) is 4.84. The normalized spacial score (nSPS) is 13.0. The van der Waals surface area contributed by atoms with Crippen LogP contribution in [0.1, 0.15) is 39.3 Å². The highest BCUT2D eigenvalue weighted by atomic mass is 14.9. The topological polar surface area (TPSA) is 37.8 Å². The molecule has 1 unspecified atom stereocenters. The molecule has 3 nitrogen and oxygen atoms in total. The van der Waals surface area contributed by atoms with Crippen LogP contribution >= 0.6 is 0 Å². The van der Waals surface area contributed by atoms with Crippen LogP contribution in [0.2, 0.25) is 0 Å². The molecule has 3 heteroatoms. The molecule has 20 heavy (non-hydrogen) atoms. The standard InChI is InChI=1S/C17H25N3/c1-4-9-18-14(10-13(2)3)11-17-15-7-5-6-8-16(15)19-12-20-17/h5-8,12-14,18H,4,9-11H2,1-3H3. The van der Waals surface area contributed by atoms with E-state index in [-0.39, 0.29) is 0 Å². The van der Waals surface area contributed by atoms with Crippen LogP contribution in [0.5, 0.6) is 0 Å². The minimum absolute atomic E-state index is 0.494. The van der Waals surface area contributed by atoms with Gasteiger partial charge in [0.2, 0.25) is 0 Å². The van der Waals surface area contributed by atoms with Crippen molar-refractivity contribution in [3.05, 3.63) is 36.3 Å². The summed E-state index contributed by atoms with van der Waals surface area (Å²) >= 11 is 0. The maximum atomic E-state index is 4.51. The zero-order valence-electron chi connectivity index (χ0n) is 12.8. The van der Waals surface area contributed by atoms with Gasteiger partial charge in [-0.3, -0.25) is 0 Å². The molecular weight excluding hydrogens is 246 g/mol. The molecule has 1 atom stereocenters. The summed E-state index contributed by atoms with van der Waals surface area (Å²) in [7, 11) is 0. The number of nitrogens with zero attached hydrogens (tertiary/aromatic N) is 2. The van der Waals surface area contributed by atoms with Crippen molar-refractivity contribution in [2.24, 2.45) is 5.92 Å². The first kappa shape index (κ1) is 14.9.